The molecule has 216 valence electrons. The fourth-order valence-corrected chi connectivity index (χ4v) is 5.01. The van der Waals surface area contributed by atoms with Gasteiger partial charge >= 0.3 is 5.97 Å². The van der Waals surface area contributed by atoms with E-state index in [9.17, 15) is 9.59 Å². The van der Waals surface area contributed by atoms with Crippen LogP contribution in [0.2, 0.25) is 0 Å². The molecular formula is C31H35BFNO7. The van der Waals surface area contributed by atoms with Crippen LogP contribution in [0.1, 0.15) is 29.5 Å². The van der Waals surface area contributed by atoms with Gasteiger partial charge in [-0.3, -0.25) is 9.59 Å². The second kappa shape index (κ2) is 13.7. The van der Waals surface area contributed by atoms with Gasteiger partial charge in [0, 0.05) is 13.5 Å². The van der Waals surface area contributed by atoms with E-state index in [4.69, 9.17) is 23.7 Å². The van der Waals surface area contributed by atoms with Gasteiger partial charge in [0.15, 0.2) is 12.3 Å². The normalized spacial score (nSPS) is 20.3. The first-order valence-corrected chi connectivity index (χ1v) is 13.5. The molecule has 0 saturated carbocycles. The maximum Gasteiger partial charge on any atom is 0.306 e. The molecule has 3 aromatic carbocycles. The number of alkyl halides is 1. The summed E-state index contributed by atoms with van der Waals surface area (Å²) in [6, 6.07) is 23.9. The maximum atomic E-state index is 15.2. The number of methoxy groups -OCH3 is 2. The highest BCUT2D eigenvalue weighted by molar-refractivity contribution is 6.11. The Kier molecular flexibility index (Phi) is 10.0. The Morgan fingerprint density at radius 3 is 1.93 bits per heavy atom. The molecule has 3 aromatic rings. The SMILES string of the molecule is B[C@@H]1O[C@H](COC(c2ccccc2)(c2ccc(OC)cc2)c2ccc(OC)cc2)[C@H](OC(=O)CCC(=O)NC)C1F. The van der Waals surface area contributed by atoms with Crippen molar-refractivity contribution in [3.8, 4) is 11.5 Å². The van der Waals surface area contributed by atoms with Gasteiger partial charge in [-0.1, -0.05) is 54.6 Å². The number of carbonyl (C=O) groups is 2. The average molecular weight is 563 g/mol. The quantitative estimate of drug-likeness (QED) is 0.206. The second-order valence-electron chi connectivity index (χ2n) is 9.77. The summed E-state index contributed by atoms with van der Waals surface area (Å²) in [7, 11) is 6.27. The number of hydrogen-bond acceptors (Lipinski definition) is 7. The highest BCUT2D eigenvalue weighted by Crippen LogP contribution is 2.42. The van der Waals surface area contributed by atoms with E-state index >= 15 is 4.39 Å². The molecule has 1 fully saturated rings. The standard InChI is InChI=1S/C31H35BFNO7/c1-34-26(35)17-18-27(36)41-29-25(40-30(32)28(29)33)19-39-31(20-7-5-4-6-8-20,21-9-13-23(37-2)14-10-21)22-11-15-24(38-3)16-12-22/h4-16,25,28-30H,17-19,32H2,1-3H3,(H,34,35)/t25-,28?,29+,30-/m1/s1. The van der Waals surface area contributed by atoms with Crippen molar-refractivity contribution in [2.75, 3.05) is 27.9 Å². The van der Waals surface area contributed by atoms with E-state index in [1.807, 2.05) is 78.9 Å². The Labute approximate surface area is 240 Å². The van der Waals surface area contributed by atoms with Crippen LogP contribution < -0.4 is 14.8 Å². The number of benzene rings is 3. The average Bonchev–Trinajstić information content (AvgIpc) is 3.28. The molecule has 0 aromatic heterocycles. The molecule has 1 heterocycles. The molecule has 4 rings (SSSR count). The third-order valence-corrected chi connectivity index (χ3v) is 7.26. The van der Waals surface area contributed by atoms with Crippen molar-refractivity contribution >= 4 is 19.7 Å². The predicted molar refractivity (Wildman–Crippen MR) is 154 cm³/mol. The summed E-state index contributed by atoms with van der Waals surface area (Å²) in [5, 5.41) is 2.46. The van der Waals surface area contributed by atoms with Gasteiger partial charge in [-0.2, -0.15) is 0 Å². The molecule has 41 heavy (non-hydrogen) atoms. The molecule has 1 amide bonds. The van der Waals surface area contributed by atoms with Crippen molar-refractivity contribution in [2.24, 2.45) is 0 Å². The molecule has 4 atom stereocenters. The van der Waals surface area contributed by atoms with Gasteiger partial charge in [0.25, 0.3) is 0 Å². The number of carbonyl (C=O) groups excluding carboxylic acids is 2. The summed E-state index contributed by atoms with van der Waals surface area (Å²) >= 11 is 0. The first kappa shape index (κ1) is 30.1. The minimum absolute atomic E-state index is 0.0529. The molecule has 1 saturated heterocycles. The molecule has 1 aliphatic heterocycles. The zero-order chi connectivity index (χ0) is 29.4. The minimum atomic E-state index is -1.55. The van der Waals surface area contributed by atoms with Gasteiger partial charge < -0.3 is 29.0 Å². The van der Waals surface area contributed by atoms with Crippen LogP contribution in [0.4, 0.5) is 4.39 Å². The Morgan fingerprint density at radius 2 is 1.41 bits per heavy atom. The number of hydrogen-bond donors (Lipinski definition) is 1. The summed E-state index contributed by atoms with van der Waals surface area (Å²) in [5.74, 6) is 0.384. The van der Waals surface area contributed by atoms with Crippen molar-refractivity contribution in [1.29, 1.82) is 0 Å². The Morgan fingerprint density at radius 1 is 0.878 bits per heavy atom. The summed E-state index contributed by atoms with van der Waals surface area (Å²) in [6.07, 6.45) is -3.86. The van der Waals surface area contributed by atoms with Crippen molar-refractivity contribution in [3.63, 3.8) is 0 Å². The fourth-order valence-electron chi connectivity index (χ4n) is 5.01. The minimum Gasteiger partial charge on any atom is -0.497 e. The van der Waals surface area contributed by atoms with E-state index in [1.165, 1.54) is 7.05 Å². The number of halogens is 1. The molecule has 1 aliphatic rings. The lowest BCUT2D eigenvalue weighted by atomic mass is 9.80. The lowest BCUT2D eigenvalue weighted by molar-refractivity contribution is -0.158. The topological polar surface area (TPSA) is 92.3 Å². The smallest absolute Gasteiger partial charge is 0.306 e. The fraction of sp³-hybridized carbons (Fsp3) is 0.355. The maximum absolute atomic E-state index is 15.2. The predicted octanol–water partition coefficient (Wildman–Crippen LogP) is 3.15. The van der Waals surface area contributed by atoms with Gasteiger partial charge in [0.1, 0.15) is 31.1 Å². The zero-order valence-electron chi connectivity index (χ0n) is 23.7. The summed E-state index contributed by atoms with van der Waals surface area (Å²) in [5.41, 5.74) is 1.29. The first-order chi connectivity index (χ1) is 19.8. The van der Waals surface area contributed by atoms with E-state index in [-0.39, 0.29) is 25.4 Å². The van der Waals surface area contributed by atoms with Crippen molar-refractivity contribution < 1.29 is 37.7 Å². The van der Waals surface area contributed by atoms with Crippen LogP contribution in [-0.4, -0.2) is 72.0 Å². The molecule has 8 nitrogen and oxygen atoms in total. The third-order valence-electron chi connectivity index (χ3n) is 7.26. The summed E-state index contributed by atoms with van der Waals surface area (Å²) in [4.78, 5) is 24.1. The molecule has 0 bridgehead atoms. The Bertz CT molecular complexity index is 1240. The van der Waals surface area contributed by atoms with Crippen LogP contribution in [0.15, 0.2) is 78.9 Å². The molecule has 0 radical (unpaired) electrons. The lowest BCUT2D eigenvalue weighted by Gasteiger charge is -2.37. The van der Waals surface area contributed by atoms with Gasteiger partial charge in [-0.25, -0.2) is 4.39 Å². The molecule has 0 spiro atoms. The summed E-state index contributed by atoms with van der Waals surface area (Å²) < 4.78 is 44.3. The molecule has 10 heteroatoms. The second-order valence-corrected chi connectivity index (χ2v) is 9.77. The number of rotatable bonds is 12. The van der Waals surface area contributed by atoms with Crippen LogP contribution in [0, 0.1) is 0 Å². The van der Waals surface area contributed by atoms with Crippen LogP contribution in [-0.2, 0) is 29.4 Å². The van der Waals surface area contributed by atoms with Gasteiger partial charge in [0.2, 0.25) is 5.91 Å². The highest BCUT2D eigenvalue weighted by Gasteiger charge is 2.47. The van der Waals surface area contributed by atoms with Crippen LogP contribution in [0.5, 0.6) is 11.5 Å². The number of nitrogens with one attached hydrogen (secondary N) is 1. The van der Waals surface area contributed by atoms with Gasteiger partial charge in [-0.15, -0.1) is 0 Å². The Balaban J connectivity index is 1.71. The van der Waals surface area contributed by atoms with Crippen molar-refractivity contribution in [3.05, 3.63) is 95.6 Å². The monoisotopic (exact) mass is 563 g/mol. The molecule has 0 aliphatic carbocycles. The van der Waals surface area contributed by atoms with Gasteiger partial charge in [-0.05, 0) is 41.0 Å². The van der Waals surface area contributed by atoms with Crippen LogP contribution in [0.25, 0.3) is 0 Å². The molecule has 1 unspecified atom stereocenters. The van der Waals surface area contributed by atoms with Crippen LogP contribution in [0.3, 0.4) is 0 Å². The largest absolute Gasteiger partial charge is 0.497 e. The Hall–Kier alpha value is -3.89. The van der Waals surface area contributed by atoms with Crippen LogP contribution >= 0.6 is 0 Å². The third kappa shape index (κ3) is 6.72. The number of esters is 1. The van der Waals surface area contributed by atoms with E-state index in [0.717, 1.165) is 16.7 Å². The van der Waals surface area contributed by atoms with E-state index in [2.05, 4.69) is 5.32 Å². The zero-order valence-corrected chi connectivity index (χ0v) is 23.7. The molecular weight excluding hydrogens is 528 g/mol. The number of amides is 1. The van der Waals surface area contributed by atoms with E-state index in [1.54, 1.807) is 22.1 Å². The van der Waals surface area contributed by atoms with E-state index < -0.39 is 36.0 Å². The van der Waals surface area contributed by atoms with E-state index in [0.29, 0.717) is 11.5 Å². The summed E-state index contributed by atoms with van der Waals surface area (Å²) in [6.45, 7) is -0.0922. The number of ether oxygens (including phenoxy) is 5. The van der Waals surface area contributed by atoms with Crippen molar-refractivity contribution in [2.45, 2.75) is 42.8 Å². The highest BCUT2D eigenvalue weighted by atomic mass is 19.1. The van der Waals surface area contributed by atoms with Gasteiger partial charge in [0.05, 0.1) is 33.3 Å². The molecule has 1 N–H and O–H groups in total. The first-order valence-electron chi connectivity index (χ1n) is 13.5. The lowest BCUT2D eigenvalue weighted by Crippen LogP contribution is -2.41. The van der Waals surface area contributed by atoms with Crippen molar-refractivity contribution in [1.82, 2.24) is 5.32 Å².